The third-order valence-corrected chi connectivity index (χ3v) is 3.79. The molecule has 1 unspecified atom stereocenters. The van der Waals surface area contributed by atoms with E-state index in [0.717, 1.165) is 17.9 Å². The van der Waals surface area contributed by atoms with Gasteiger partial charge in [0.25, 0.3) is 5.91 Å². The molecular formula is C16H26N2O3. The highest BCUT2D eigenvalue weighted by Crippen LogP contribution is 2.25. The number of hydrogen-bond donors (Lipinski definition) is 1. The molecule has 0 heterocycles. The second-order valence-electron chi connectivity index (χ2n) is 5.09. The lowest BCUT2D eigenvalue weighted by Gasteiger charge is -2.33. The van der Waals surface area contributed by atoms with Gasteiger partial charge in [0.2, 0.25) is 0 Å². The monoisotopic (exact) mass is 294 g/mol. The highest BCUT2D eigenvalue weighted by molar-refractivity contribution is 5.99. The van der Waals surface area contributed by atoms with E-state index < -0.39 is 5.60 Å². The van der Waals surface area contributed by atoms with E-state index in [9.17, 15) is 4.79 Å². The quantitative estimate of drug-likeness (QED) is 0.798. The van der Waals surface area contributed by atoms with E-state index in [4.69, 9.17) is 15.2 Å². The minimum absolute atomic E-state index is 0.0499. The van der Waals surface area contributed by atoms with Gasteiger partial charge in [0.1, 0.15) is 11.4 Å². The number of carbonyl (C=O) groups excluding carboxylic acids is 1. The maximum absolute atomic E-state index is 12.8. The fraction of sp³-hybridized carbons (Fsp3) is 0.562. The van der Waals surface area contributed by atoms with Crippen LogP contribution in [0.25, 0.3) is 0 Å². The Bertz CT molecular complexity index is 441. The summed E-state index contributed by atoms with van der Waals surface area (Å²) in [5, 5.41) is 0. The van der Waals surface area contributed by atoms with Gasteiger partial charge >= 0.3 is 0 Å². The molecule has 0 fully saturated rings. The number of ether oxygens (including phenoxy) is 2. The van der Waals surface area contributed by atoms with Crippen molar-refractivity contribution in [2.45, 2.75) is 32.3 Å². The summed E-state index contributed by atoms with van der Waals surface area (Å²) in [7, 11) is 3.18. The van der Waals surface area contributed by atoms with Crippen LogP contribution in [0.15, 0.2) is 24.3 Å². The van der Waals surface area contributed by atoms with Crippen LogP contribution < -0.4 is 15.4 Å². The fourth-order valence-electron chi connectivity index (χ4n) is 2.03. The Kier molecular flexibility index (Phi) is 6.65. The molecule has 0 saturated heterocycles. The molecule has 1 aromatic rings. The first-order valence-corrected chi connectivity index (χ1v) is 7.23. The van der Waals surface area contributed by atoms with Gasteiger partial charge in [-0.1, -0.05) is 6.92 Å². The Balaban J connectivity index is 3.06. The van der Waals surface area contributed by atoms with E-state index in [2.05, 4.69) is 0 Å². The summed E-state index contributed by atoms with van der Waals surface area (Å²) in [6.07, 6.45) is 1.35. The molecular weight excluding hydrogens is 268 g/mol. The van der Waals surface area contributed by atoms with Gasteiger partial charge < -0.3 is 20.1 Å². The summed E-state index contributed by atoms with van der Waals surface area (Å²) in [6.45, 7) is 4.86. The zero-order valence-electron chi connectivity index (χ0n) is 13.4. The van der Waals surface area contributed by atoms with Crippen LogP contribution in [-0.2, 0) is 9.53 Å². The van der Waals surface area contributed by atoms with Crippen molar-refractivity contribution in [2.24, 2.45) is 5.73 Å². The zero-order valence-corrected chi connectivity index (χ0v) is 13.4. The van der Waals surface area contributed by atoms with Crippen LogP contribution in [0, 0.1) is 0 Å². The number of nitrogens with zero attached hydrogens (tertiary/aromatic N) is 1. The van der Waals surface area contributed by atoms with Crippen LogP contribution in [0.5, 0.6) is 5.75 Å². The fourth-order valence-corrected chi connectivity index (χ4v) is 2.03. The van der Waals surface area contributed by atoms with Crippen LogP contribution in [0.3, 0.4) is 0 Å². The summed E-state index contributed by atoms with van der Waals surface area (Å²) in [5.74, 6) is 0.709. The predicted molar refractivity (Wildman–Crippen MR) is 84.7 cm³/mol. The van der Waals surface area contributed by atoms with Crippen LogP contribution >= 0.6 is 0 Å². The summed E-state index contributed by atoms with van der Waals surface area (Å²) in [6, 6.07) is 7.43. The average molecular weight is 294 g/mol. The van der Waals surface area contributed by atoms with E-state index in [0.29, 0.717) is 19.5 Å². The number of carbonyl (C=O) groups is 1. The third kappa shape index (κ3) is 4.19. The van der Waals surface area contributed by atoms with Gasteiger partial charge in [-0.3, -0.25) is 4.79 Å². The minimum atomic E-state index is -0.825. The minimum Gasteiger partial charge on any atom is -0.497 e. The van der Waals surface area contributed by atoms with Crippen molar-refractivity contribution in [3.8, 4) is 5.75 Å². The van der Waals surface area contributed by atoms with Gasteiger partial charge in [-0.15, -0.1) is 0 Å². The molecule has 5 nitrogen and oxygen atoms in total. The van der Waals surface area contributed by atoms with E-state index in [-0.39, 0.29) is 5.91 Å². The molecule has 1 amide bonds. The van der Waals surface area contributed by atoms with E-state index in [1.54, 1.807) is 19.1 Å². The molecule has 0 aliphatic carbocycles. The Morgan fingerprint density at radius 1 is 1.29 bits per heavy atom. The molecule has 0 radical (unpaired) electrons. The molecule has 1 rings (SSSR count). The van der Waals surface area contributed by atoms with Crippen molar-refractivity contribution in [1.82, 2.24) is 0 Å². The summed E-state index contributed by atoms with van der Waals surface area (Å²) >= 11 is 0. The Hall–Kier alpha value is -1.59. The number of methoxy groups -OCH3 is 2. The number of nitrogens with two attached hydrogens (primary N) is 1. The van der Waals surface area contributed by atoms with Gasteiger partial charge in [-0.05, 0) is 50.6 Å². The van der Waals surface area contributed by atoms with Crippen LogP contribution in [-0.4, -0.2) is 38.8 Å². The summed E-state index contributed by atoms with van der Waals surface area (Å²) < 4.78 is 10.6. The molecule has 1 aromatic carbocycles. The molecule has 0 spiro atoms. The Morgan fingerprint density at radius 3 is 2.33 bits per heavy atom. The van der Waals surface area contributed by atoms with Gasteiger partial charge in [0.05, 0.1) is 7.11 Å². The smallest absolute Gasteiger partial charge is 0.258 e. The summed E-state index contributed by atoms with van der Waals surface area (Å²) in [4.78, 5) is 14.6. The molecule has 118 valence electrons. The predicted octanol–water partition coefficient (Wildman–Crippen LogP) is 2.19. The first kappa shape index (κ1) is 17.5. The van der Waals surface area contributed by atoms with E-state index >= 15 is 0 Å². The van der Waals surface area contributed by atoms with Crippen molar-refractivity contribution >= 4 is 11.6 Å². The maximum atomic E-state index is 12.8. The van der Waals surface area contributed by atoms with Gasteiger partial charge in [0, 0.05) is 19.3 Å². The van der Waals surface area contributed by atoms with Gasteiger partial charge in [-0.25, -0.2) is 0 Å². The number of anilines is 1. The van der Waals surface area contributed by atoms with E-state index in [1.165, 1.54) is 0 Å². The topological polar surface area (TPSA) is 64.8 Å². The second-order valence-corrected chi connectivity index (χ2v) is 5.09. The maximum Gasteiger partial charge on any atom is 0.258 e. The standard InChI is InChI=1S/C16H26N2O3/c1-5-16(2,21-4)15(19)18(12-6-11-17)13-7-9-14(20-3)10-8-13/h7-10H,5-6,11-12,17H2,1-4H3. The van der Waals surface area contributed by atoms with Gasteiger partial charge in [-0.2, -0.15) is 0 Å². The first-order chi connectivity index (χ1) is 10.0. The molecule has 2 N–H and O–H groups in total. The van der Waals surface area contributed by atoms with Crippen LogP contribution in [0.2, 0.25) is 0 Å². The Morgan fingerprint density at radius 2 is 1.90 bits per heavy atom. The Labute approximate surface area is 127 Å². The van der Waals surface area contributed by atoms with Crippen molar-refractivity contribution < 1.29 is 14.3 Å². The number of rotatable bonds is 8. The lowest BCUT2D eigenvalue weighted by molar-refractivity contribution is -0.138. The number of benzene rings is 1. The van der Waals surface area contributed by atoms with Crippen molar-refractivity contribution in [3.05, 3.63) is 24.3 Å². The average Bonchev–Trinajstić information content (AvgIpc) is 2.54. The molecule has 0 aliphatic rings. The highest BCUT2D eigenvalue weighted by Gasteiger charge is 2.35. The zero-order chi connectivity index (χ0) is 15.9. The molecule has 21 heavy (non-hydrogen) atoms. The van der Waals surface area contributed by atoms with Crippen LogP contribution in [0.1, 0.15) is 26.7 Å². The lowest BCUT2D eigenvalue weighted by Crippen LogP contribution is -2.49. The van der Waals surface area contributed by atoms with Crippen molar-refractivity contribution in [2.75, 3.05) is 32.2 Å². The normalized spacial score (nSPS) is 13.6. The third-order valence-electron chi connectivity index (χ3n) is 3.79. The lowest BCUT2D eigenvalue weighted by atomic mass is 10.0. The molecule has 1 atom stereocenters. The van der Waals surface area contributed by atoms with Crippen LogP contribution in [0.4, 0.5) is 5.69 Å². The first-order valence-electron chi connectivity index (χ1n) is 7.23. The molecule has 0 aromatic heterocycles. The van der Waals surface area contributed by atoms with Gasteiger partial charge in [0.15, 0.2) is 0 Å². The highest BCUT2D eigenvalue weighted by atomic mass is 16.5. The van der Waals surface area contributed by atoms with Crippen molar-refractivity contribution in [1.29, 1.82) is 0 Å². The van der Waals surface area contributed by atoms with E-state index in [1.807, 2.05) is 38.1 Å². The SMILES string of the molecule is CCC(C)(OC)C(=O)N(CCCN)c1ccc(OC)cc1. The number of amides is 1. The molecule has 0 aliphatic heterocycles. The molecule has 0 bridgehead atoms. The molecule has 5 heteroatoms. The van der Waals surface area contributed by atoms with Crippen molar-refractivity contribution in [3.63, 3.8) is 0 Å². The number of hydrogen-bond acceptors (Lipinski definition) is 4. The largest absolute Gasteiger partial charge is 0.497 e. The molecule has 0 saturated carbocycles. The summed E-state index contributed by atoms with van der Waals surface area (Å²) in [5.41, 5.74) is 5.59. The second kappa shape index (κ2) is 8.00.